The molecule has 3 aliphatic rings. The Labute approximate surface area is 334 Å². The first-order valence-electron chi connectivity index (χ1n) is 20.0. The summed E-state index contributed by atoms with van der Waals surface area (Å²) in [4.78, 5) is 61.7. The highest BCUT2D eigenvalue weighted by Crippen LogP contribution is 2.60. The summed E-state index contributed by atoms with van der Waals surface area (Å²) in [5, 5.41) is 15.3. The van der Waals surface area contributed by atoms with Crippen LogP contribution in [0.15, 0.2) is 72.9 Å². The lowest BCUT2D eigenvalue weighted by atomic mass is 9.82. The van der Waals surface area contributed by atoms with E-state index in [-0.39, 0.29) is 67.1 Å². The number of benzene rings is 3. The monoisotopic (exact) mass is 794 g/mol. The summed E-state index contributed by atoms with van der Waals surface area (Å²) in [6.45, 7) is 7.45. The molecule has 3 aliphatic heterocycles. The molecule has 2 saturated heterocycles. The van der Waals surface area contributed by atoms with E-state index in [9.17, 15) is 19.5 Å². The molecule has 3 N–H and O–H groups in total. The molecule has 0 unspecified atom stereocenters. The quantitative estimate of drug-likeness (QED) is 0.0845. The number of esters is 1. The second kappa shape index (κ2) is 16.5. The van der Waals surface area contributed by atoms with Gasteiger partial charge in [-0.1, -0.05) is 55.5 Å². The second-order valence-electron chi connectivity index (χ2n) is 16.2. The number of aromatic nitrogens is 1. The van der Waals surface area contributed by atoms with Crippen molar-refractivity contribution >= 4 is 59.2 Å². The summed E-state index contributed by atoms with van der Waals surface area (Å²) < 4.78 is 17.6. The van der Waals surface area contributed by atoms with Crippen LogP contribution in [0.25, 0.3) is 10.9 Å². The molecular weight excluding hydrogens is 741 g/mol. The van der Waals surface area contributed by atoms with Crippen LogP contribution in [0.1, 0.15) is 56.6 Å². The highest BCUT2D eigenvalue weighted by molar-refractivity contribution is 6.91. The summed E-state index contributed by atoms with van der Waals surface area (Å²) in [6, 6.07) is 21.3. The molecular formula is C44H54N4O8Si. The molecule has 0 radical (unpaired) electrons. The molecule has 7 rings (SSSR count). The number of carbonyl (C=O) groups excluding carboxylic acids is 4. The Bertz CT molecular complexity index is 2140. The Morgan fingerprint density at radius 2 is 1.82 bits per heavy atom. The van der Waals surface area contributed by atoms with Gasteiger partial charge in [0.05, 0.1) is 59.6 Å². The summed E-state index contributed by atoms with van der Waals surface area (Å²) in [6.07, 6.45) is 4.38. The third-order valence-corrected chi connectivity index (χ3v) is 17.0. The Morgan fingerprint density at radius 3 is 2.56 bits per heavy atom. The number of H-pyrrole nitrogens is 1. The number of ether oxygens (including phenoxy) is 3. The van der Waals surface area contributed by atoms with E-state index in [1.165, 1.54) is 7.11 Å². The lowest BCUT2D eigenvalue weighted by molar-refractivity contribution is -0.150. The van der Waals surface area contributed by atoms with Crippen molar-refractivity contribution in [3.05, 3.63) is 84.1 Å². The Morgan fingerprint density at radius 1 is 1.05 bits per heavy atom. The number of aliphatic hydroxyl groups excluding tert-OH is 1. The van der Waals surface area contributed by atoms with Gasteiger partial charge in [0.2, 0.25) is 11.8 Å². The molecule has 3 amide bonds. The van der Waals surface area contributed by atoms with E-state index in [0.29, 0.717) is 42.9 Å². The van der Waals surface area contributed by atoms with Gasteiger partial charge >= 0.3 is 5.97 Å². The molecule has 1 spiro atoms. The number of likely N-dealkylation sites (tertiary alicyclic amines) is 1. The molecule has 57 heavy (non-hydrogen) atoms. The zero-order valence-electron chi connectivity index (χ0n) is 33.5. The van der Waals surface area contributed by atoms with Crippen molar-refractivity contribution in [1.82, 2.24) is 9.88 Å². The van der Waals surface area contributed by atoms with Gasteiger partial charge in [0.1, 0.15) is 5.75 Å². The van der Waals surface area contributed by atoms with Gasteiger partial charge in [-0.3, -0.25) is 19.2 Å². The number of anilines is 2. The van der Waals surface area contributed by atoms with Crippen LogP contribution in [0.2, 0.25) is 18.6 Å². The predicted octanol–water partition coefficient (Wildman–Crippen LogP) is 5.64. The maximum atomic E-state index is 15.2. The number of methoxy groups -OCH3 is 2. The number of rotatable bonds is 14. The molecule has 302 valence electrons. The first-order valence-corrected chi connectivity index (χ1v) is 23.1. The van der Waals surface area contributed by atoms with Gasteiger partial charge in [-0.05, 0) is 73.2 Å². The van der Waals surface area contributed by atoms with E-state index < -0.39 is 19.8 Å². The molecule has 5 atom stereocenters. The van der Waals surface area contributed by atoms with Crippen LogP contribution in [0.4, 0.5) is 11.4 Å². The molecule has 0 saturated carbocycles. The minimum atomic E-state index is -2.55. The normalized spacial score (nSPS) is 23.0. The van der Waals surface area contributed by atoms with E-state index in [1.807, 2.05) is 60.8 Å². The van der Waals surface area contributed by atoms with E-state index in [0.717, 1.165) is 40.2 Å². The fraction of sp³-hybridized carbons (Fsp3) is 0.455. The van der Waals surface area contributed by atoms with Crippen molar-refractivity contribution in [2.24, 2.45) is 5.92 Å². The van der Waals surface area contributed by atoms with E-state index >= 15 is 4.79 Å². The van der Waals surface area contributed by atoms with Crippen LogP contribution < -0.4 is 20.1 Å². The van der Waals surface area contributed by atoms with Crippen LogP contribution in [0.5, 0.6) is 5.75 Å². The van der Waals surface area contributed by atoms with Gasteiger partial charge in [0, 0.05) is 53.8 Å². The van der Waals surface area contributed by atoms with Crippen LogP contribution >= 0.6 is 0 Å². The van der Waals surface area contributed by atoms with Gasteiger partial charge in [0.25, 0.3) is 5.91 Å². The Balaban J connectivity index is 1.26. The highest BCUT2D eigenvalue weighted by atomic mass is 28.3. The van der Waals surface area contributed by atoms with Crippen LogP contribution in [-0.2, 0) is 40.7 Å². The van der Waals surface area contributed by atoms with Crippen molar-refractivity contribution in [2.75, 3.05) is 44.1 Å². The van der Waals surface area contributed by atoms with Crippen molar-refractivity contribution < 1.29 is 38.5 Å². The van der Waals surface area contributed by atoms with Crippen LogP contribution in [0.3, 0.4) is 0 Å². The molecule has 4 aromatic rings. The first kappa shape index (κ1) is 40.2. The average Bonchev–Trinajstić information content (AvgIpc) is 3.98. The maximum absolute atomic E-state index is 15.2. The SMILES string of the molecule is COC(=O)CCCCN1C(=O)[C@]2(O[C@H](CC(=O)N3CCC[C@H]3CO)[C@@H]([Si](C)(C)c3ccc(OC)cc3)[C@@H]2C)c2cc(NC(=O)Cc3c[nH]c4ccccc34)ccc21. The number of nitrogens with zero attached hydrogens (tertiary/aromatic N) is 2. The smallest absolute Gasteiger partial charge is 0.305 e. The third-order valence-electron chi connectivity index (χ3n) is 12.7. The van der Waals surface area contributed by atoms with E-state index in [4.69, 9.17) is 14.2 Å². The summed E-state index contributed by atoms with van der Waals surface area (Å²) in [5.41, 5.74) is 2.10. The standard InChI is InChI=1S/C44H54N4O8Si/c1-28-42(57(4,5)33-18-16-32(54-2)17-19-33)38(25-40(51)47-22-10-11-31(47)27-49)56-44(28)35-24-30(46-39(50)23-29-26-45-36-13-7-6-12-34(29)36)15-20-37(35)48(43(44)53)21-9-8-14-41(52)55-3/h6-7,12-13,15-20,24,26,28,31,38,42,45,49H,8-11,14,21-23,25,27H2,1-5H3,(H,46,50)/t28-,31-,38+,42-,44+/m0/s1. The molecule has 12 nitrogen and oxygen atoms in total. The van der Waals surface area contributed by atoms with Crippen molar-refractivity contribution in [3.8, 4) is 5.75 Å². The first-order chi connectivity index (χ1) is 27.4. The fourth-order valence-electron chi connectivity index (χ4n) is 9.75. The molecule has 3 aromatic carbocycles. The maximum Gasteiger partial charge on any atom is 0.305 e. The zero-order chi connectivity index (χ0) is 40.5. The van der Waals surface area contributed by atoms with Gasteiger partial charge in [-0.25, -0.2) is 0 Å². The highest BCUT2D eigenvalue weighted by Gasteiger charge is 2.66. The number of fused-ring (bicyclic) bond motifs is 3. The summed E-state index contributed by atoms with van der Waals surface area (Å²) in [5.74, 6) is -0.420. The van der Waals surface area contributed by atoms with Crippen molar-refractivity contribution in [2.45, 2.75) is 88.3 Å². The van der Waals surface area contributed by atoms with Gasteiger partial charge in [-0.2, -0.15) is 0 Å². The molecule has 13 heteroatoms. The molecule has 1 aromatic heterocycles. The molecule has 0 bridgehead atoms. The Kier molecular flexibility index (Phi) is 11.6. The average molecular weight is 795 g/mol. The largest absolute Gasteiger partial charge is 0.497 e. The van der Waals surface area contributed by atoms with Gasteiger partial charge < -0.3 is 39.4 Å². The topological polar surface area (TPSA) is 150 Å². The predicted molar refractivity (Wildman–Crippen MR) is 221 cm³/mol. The minimum absolute atomic E-state index is 0.0721. The van der Waals surface area contributed by atoms with E-state index in [2.05, 4.69) is 42.5 Å². The van der Waals surface area contributed by atoms with Crippen molar-refractivity contribution in [1.29, 1.82) is 0 Å². The Hall–Kier alpha value is -4.98. The summed E-state index contributed by atoms with van der Waals surface area (Å²) in [7, 11) is 0.452. The number of amides is 3. The van der Waals surface area contributed by atoms with Gasteiger partial charge in [0.15, 0.2) is 5.60 Å². The number of nitrogens with one attached hydrogen (secondary N) is 2. The molecule has 4 heterocycles. The number of para-hydroxylation sites is 1. The number of hydrogen-bond donors (Lipinski definition) is 3. The molecule has 2 fully saturated rings. The number of aliphatic hydroxyl groups is 1. The van der Waals surface area contributed by atoms with Crippen LogP contribution in [-0.4, -0.2) is 92.8 Å². The van der Waals surface area contributed by atoms with Crippen LogP contribution in [0, 0.1) is 5.92 Å². The number of aromatic amines is 1. The second-order valence-corrected chi connectivity index (χ2v) is 20.9. The van der Waals surface area contributed by atoms with E-state index in [1.54, 1.807) is 16.9 Å². The zero-order valence-corrected chi connectivity index (χ0v) is 34.5. The lowest BCUT2D eigenvalue weighted by Crippen LogP contribution is -2.52. The third kappa shape index (κ3) is 7.48. The van der Waals surface area contributed by atoms with Gasteiger partial charge in [-0.15, -0.1) is 0 Å². The van der Waals surface area contributed by atoms with Crippen molar-refractivity contribution in [3.63, 3.8) is 0 Å². The minimum Gasteiger partial charge on any atom is -0.497 e. The number of carbonyl (C=O) groups is 4. The lowest BCUT2D eigenvalue weighted by Gasteiger charge is -2.37. The fourth-order valence-corrected chi connectivity index (χ4v) is 13.8. The number of unbranched alkanes of at least 4 members (excludes halogenated alkanes) is 1. The molecule has 0 aliphatic carbocycles. The number of hydrogen-bond acceptors (Lipinski definition) is 8. The summed E-state index contributed by atoms with van der Waals surface area (Å²) >= 11 is 0.